The van der Waals surface area contributed by atoms with E-state index >= 15 is 0 Å². The Labute approximate surface area is 125 Å². The first-order valence-corrected chi connectivity index (χ1v) is 6.74. The molecule has 0 aliphatic heterocycles. The minimum atomic E-state index is -0.345. The first kappa shape index (κ1) is 13.0. The molecule has 20 heavy (non-hydrogen) atoms. The number of nitrogens with zero attached hydrogens (tertiary/aromatic N) is 1. The minimum Gasteiger partial charge on any atom is -0.267 e. The van der Waals surface area contributed by atoms with Crippen LogP contribution in [0.4, 0.5) is 0 Å². The normalized spacial score (nSPS) is 10.7. The molecule has 0 atom stereocenters. The van der Waals surface area contributed by atoms with Crippen molar-refractivity contribution < 1.29 is 4.79 Å². The molecule has 1 amide bonds. The van der Waals surface area contributed by atoms with Gasteiger partial charge in [0.2, 0.25) is 0 Å². The van der Waals surface area contributed by atoms with Crippen molar-refractivity contribution in [3.05, 3.63) is 70.3 Å². The SMILES string of the molecule is O=C(Nn1ccc2ccccc21)c1c(Cl)cccc1Cl. The summed E-state index contributed by atoms with van der Waals surface area (Å²) in [6.07, 6.45) is 1.79. The van der Waals surface area contributed by atoms with Crippen molar-refractivity contribution >= 4 is 40.0 Å². The first-order valence-electron chi connectivity index (χ1n) is 5.98. The van der Waals surface area contributed by atoms with Gasteiger partial charge in [-0.05, 0) is 24.3 Å². The third kappa shape index (κ3) is 2.26. The van der Waals surface area contributed by atoms with Gasteiger partial charge in [0, 0.05) is 11.6 Å². The second-order valence-corrected chi connectivity index (χ2v) is 5.10. The Morgan fingerprint density at radius 3 is 2.40 bits per heavy atom. The predicted molar refractivity (Wildman–Crippen MR) is 82.1 cm³/mol. The third-order valence-corrected chi connectivity index (χ3v) is 3.64. The monoisotopic (exact) mass is 304 g/mol. The van der Waals surface area contributed by atoms with Crippen LogP contribution in [0, 0.1) is 0 Å². The summed E-state index contributed by atoms with van der Waals surface area (Å²) >= 11 is 12.1. The van der Waals surface area contributed by atoms with Crippen LogP contribution in [0.25, 0.3) is 10.9 Å². The second-order valence-electron chi connectivity index (χ2n) is 4.28. The number of carbonyl (C=O) groups excluding carboxylic acids is 1. The number of amides is 1. The van der Waals surface area contributed by atoms with E-state index in [0.717, 1.165) is 10.9 Å². The molecule has 0 aliphatic rings. The van der Waals surface area contributed by atoms with Gasteiger partial charge in [0.25, 0.3) is 5.91 Å². The summed E-state index contributed by atoms with van der Waals surface area (Å²) < 4.78 is 1.65. The van der Waals surface area contributed by atoms with Gasteiger partial charge in [-0.15, -0.1) is 0 Å². The lowest BCUT2D eigenvalue weighted by Gasteiger charge is -2.10. The van der Waals surface area contributed by atoms with Crippen molar-refractivity contribution in [1.82, 2.24) is 4.68 Å². The molecule has 0 aliphatic carbocycles. The largest absolute Gasteiger partial charge is 0.273 e. The summed E-state index contributed by atoms with van der Waals surface area (Å²) in [7, 11) is 0. The van der Waals surface area contributed by atoms with E-state index < -0.39 is 0 Å². The lowest BCUT2D eigenvalue weighted by molar-refractivity contribution is 0.101. The molecule has 2 aromatic carbocycles. The zero-order chi connectivity index (χ0) is 14.1. The highest BCUT2D eigenvalue weighted by Gasteiger charge is 2.15. The van der Waals surface area contributed by atoms with E-state index in [2.05, 4.69) is 5.43 Å². The van der Waals surface area contributed by atoms with Gasteiger partial charge in [0.1, 0.15) is 0 Å². The summed E-state index contributed by atoms with van der Waals surface area (Å²) in [5, 5.41) is 1.69. The van der Waals surface area contributed by atoms with Gasteiger partial charge in [0.05, 0.1) is 21.1 Å². The van der Waals surface area contributed by atoms with Crippen LogP contribution in [0.2, 0.25) is 10.0 Å². The van der Waals surface area contributed by atoms with Crippen LogP contribution in [0.5, 0.6) is 0 Å². The predicted octanol–water partition coefficient (Wildman–Crippen LogP) is 4.33. The zero-order valence-electron chi connectivity index (χ0n) is 10.3. The fourth-order valence-corrected chi connectivity index (χ4v) is 2.63. The topological polar surface area (TPSA) is 34.0 Å². The number of hydrogen-bond acceptors (Lipinski definition) is 1. The molecule has 0 spiro atoms. The maximum absolute atomic E-state index is 12.3. The van der Waals surface area contributed by atoms with Gasteiger partial charge in [-0.25, -0.2) is 0 Å². The number of rotatable bonds is 2. The molecule has 3 nitrogen and oxygen atoms in total. The van der Waals surface area contributed by atoms with Gasteiger partial charge < -0.3 is 0 Å². The van der Waals surface area contributed by atoms with E-state index in [9.17, 15) is 4.79 Å². The van der Waals surface area contributed by atoms with Crippen LogP contribution < -0.4 is 5.43 Å². The minimum absolute atomic E-state index is 0.272. The molecule has 0 bridgehead atoms. The van der Waals surface area contributed by atoms with Crippen molar-refractivity contribution in [2.75, 3.05) is 5.43 Å². The van der Waals surface area contributed by atoms with Gasteiger partial charge in [-0.1, -0.05) is 47.5 Å². The summed E-state index contributed by atoms with van der Waals surface area (Å²) in [4.78, 5) is 12.3. The highest BCUT2D eigenvalue weighted by atomic mass is 35.5. The molecule has 0 fully saturated rings. The Morgan fingerprint density at radius 1 is 0.950 bits per heavy atom. The van der Waals surface area contributed by atoms with Crippen molar-refractivity contribution in [3.8, 4) is 0 Å². The number of carbonyl (C=O) groups is 1. The Balaban J connectivity index is 1.97. The third-order valence-electron chi connectivity index (χ3n) is 3.01. The molecule has 3 aromatic rings. The quantitative estimate of drug-likeness (QED) is 0.751. The van der Waals surface area contributed by atoms with Crippen LogP contribution in [0.1, 0.15) is 10.4 Å². The smallest absolute Gasteiger partial charge is 0.267 e. The number of halogens is 2. The lowest BCUT2D eigenvalue weighted by atomic mass is 10.2. The van der Waals surface area contributed by atoms with Crippen molar-refractivity contribution in [3.63, 3.8) is 0 Å². The van der Waals surface area contributed by atoms with E-state index in [4.69, 9.17) is 23.2 Å². The summed E-state index contributed by atoms with van der Waals surface area (Å²) in [5.41, 5.74) is 3.95. The van der Waals surface area contributed by atoms with Crippen molar-refractivity contribution in [2.24, 2.45) is 0 Å². The van der Waals surface area contributed by atoms with E-state index in [1.54, 1.807) is 29.1 Å². The molecule has 1 N–H and O–H groups in total. The fraction of sp³-hybridized carbons (Fsp3) is 0. The number of benzene rings is 2. The number of para-hydroxylation sites is 1. The summed E-state index contributed by atoms with van der Waals surface area (Å²) in [5.74, 6) is -0.345. The zero-order valence-corrected chi connectivity index (χ0v) is 11.8. The molecule has 3 rings (SSSR count). The number of aromatic nitrogens is 1. The summed E-state index contributed by atoms with van der Waals surface area (Å²) in [6.45, 7) is 0. The number of nitrogens with one attached hydrogen (secondary N) is 1. The molecular formula is C15H10Cl2N2O. The van der Waals surface area contributed by atoms with Crippen molar-refractivity contribution in [1.29, 1.82) is 0 Å². The van der Waals surface area contributed by atoms with Crippen molar-refractivity contribution in [2.45, 2.75) is 0 Å². The van der Waals surface area contributed by atoms with E-state index in [0.29, 0.717) is 10.0 Å². The molecular weight excluding hydrogens is 295 g/mol. The summed E-state index contributed by atoms with van der Waals surface area (Å²) in [6, 6.07) is 14.6. The van der Waals surface area contributed by atoms with Crippen LogP contribution in [0.15, 0.2) is 54.7 Å². The lowest BCUT2D eigenvalue weighted by Crippen LogP contribution is -2.22. The van der Waals surface area contributed by atoms with E-state index in [-0.39, 0.29) is 11.5 Å². The van der Waals surface area contributed by atoms with Gasteiger partial charge in [-0.2, -0.15) is 0 Å². The number of fused-ring (bicyclic) bond motifs is 1. The average molecular weight is 305 g/mol. The first-order chi connectivity index (χ1) is 9.66. The standard InChI is InChI=1S/C15H10Cl2N2O/c16-11-5-3-6-12(17)14(11)15(20)18-19-9-8-10-4-1-2-7-13(10)19/h1-9H,(H,18,20). The van der Waals surface area contributed by atoms with Crippen LogP contribution in [0.3, 0.4) is 0 Å². The van der Waals surface area contributed by atoms with Crippen LogP contribution in [-0.2, 0) is 0 Å². The maximum Gasteiger partial charge on any atom is 0.273 e. The average Bonchev–Trinajstić information content (AvgIpc) is 2.82. The second kappa shape index (κ2) is 5.19. The van der Waals surface area contributed by atoms with E-state index in [1.165, 1.54) is 0 Å². The van der Waals surface area contributed by atoms with Gasteiger partial charge in [-0.3, -0.25) is 14.9 Å². The Bertz CT molecular complexity index is 775. The van der Waals surface area contributed by atoms with Gasteiger partial charge in [0.15, 0.2) is 0 Å². The molecule has 0 saturated carbocycles. The molecule has 1 heterocycles. The molecule has 1 aromatic heterocycles. The Kier molecular flexibility index (Phi) is 3.38. The highest BCUT2D eigenvalue weighted by molar-refractivity contribution is 6.40. The molecule has 0 saturated heterocycles. The Hall–Kier alpha value is -1.97. The van der Waals surface area contributed by atoms with Crippen LogP contribution >= 0.6 is 23.2 Å². The highest BCUT2D eigenvalue weighted by Crippen LogP contribution is 2.24. The maximum atomic E-state index is 12.3. The van der Waals surface area contributed by atoms with Crippen LogP contribution in [-0.4, -0.2) is 10.6 Å². The molecule has 5 heteroatoms. The Morgan fingerprint density at radius 2 is 1.65 bits per heavy atom. The molecule has 100 valence electrons. The van der Waals surface area contributed by atoms with Gasteiger partial charge >= 0.3 is 0 Å². The fourth-order valence-electron chi connectivity index (χ4n) is 2.06. The van der Waals surface area contributed by atoms with E-state index in [1.807, 2.05) is 30.3 Å². The number of hydrogen-bond donors (Lipinski definition) is 1. The molecule has 0 radical (unpaired) electrons. The molecule has 0 unspecified atom stereocenters.